The van der Waals surface area contributed by atoms with Crippen LogP contribution >= 0.6 is 11.6 Å². The van der Waals surface area contributed by atoms with Crippen LogP contribution in [0.3, 0.4) is 0 Å². The third-order valence-corrected chi connectivity index (χ3v) is 7.40. The second-order valence-electron chi connectivity index (χ2n) is 8.61. The smallest absolute Gasteiger partial charge is 0.246 e. The summed E-state index contributed by atoms with van der Waals surface area (Å²) >= 11 is 6.22. The fourth-order valence-corrected chi connectivity index (χ4v) is 6.16. The van der Waals surface area contributed by atoms with Crippen LogP contribution in [-0.4, -0.2) is 11.8 Å². The minimum Gasteiger partial charge on any atom is -0.274 e. The van der Waals surface area contributed by atoms with E-state index in [1.54, 1.807) is 24.3 Å². The minimum absolute atomic E-state index is 0.196. The summed E-state index contributed by atoms with van der Waals surface area (Å²) in [5.41, 5.74) is 1.49. The van der Waals surface area contributed by atoms with Crippen molar-refractivity contribution in [2.75, 3.05) is 4.90 Å². The maximum Gasteiger partial charge on any atom is 0.246 e. The molecule has 2 aliphatic rings. The Labute approximate surface area is 197 Å². The van der Waals surface area contributed by atoms with Crippen LogP contribution in [0.4, 0.5) is 5.69 Å². The normalized spacial score (nSPS) is 22.8. The number of benzene rings is 4. The van der Waals surface area contributed by atoms with Crippen molar-refractivity contribution in [2.45, 2.75) is 10.8 Å². The van der Waals surface area contributed by atoms with Gasteiger partial charge in [0.05, 0.1) is 17.0 Å². The predicted molar refractivity (Wildman–Crippen MR) is 129 cm³/mol. The Morgan fingerprint density at radius 1 is 0.606 bits per heavy atom. The largest absolute Gasteiger partial charge is 0.274 e. The van der Waals surface area contributed by atoms with Gasteiger partial charge in [0.2, 0.25) is 11.8 Å². The lowest BCUT2D eigenvalue weighted by Gasteiger charge is -2.31. The summed E-state index contributed by atoms with van der Waals surface area (Å²) in [6, 6.07) is 36.6. The van der Waals surface area contributed by atoms with Gasteiger partial charge in [-0.1, -0.05) is 109 Å². The van der Waals surface area contributed by atoms with Gasteiger partial charge in [-0.15, -0.1) is 0 Å². The van der Waals surface area contributed by atoms with E-state index in [9.17, 15) is 9.59 Å². The Balaban J connectivity index is 1.65. The van der Waals surface area contributed by atoms with E-state index in [4.69, 9.17) is 11.6 Å². The topological polar surface area (TPSA) is 37.4 Å². The predicted octanol–water partition coefficient (Wildman–Crippen LogP) is 5.77. The molecule has 1 saturated heterocycles. The Morgan fingerprint density at radius 3 is 1.58 bits per heavy atom. The fraction of sp³-hybridized carbons (Fsp3) is 0.103. The summed E-state index contributed by atoms with van der Waals surface area (Å²) in [6.45, 7) is 0. The summed E-state index contributed by atoms with van der Waals surface area (Å²) < 4.78 is 0. The second-order valence-corrected chi connectivity index (χ2v) is 9.04. The van der Waals surface area contributed by atoms with Crippen molar-refractivity contribution < 1.29 is 9.59 Å². The molecule has 0 radical (unpaired) electrons. The number of rotatable bonds is 4. The van der Waals surface area contributed by atoms with Crippen LogP contribution in [0.15, 0.2) is 115 Å². The molecule has 1 heterocycles. The number of anilines is 1. The standard InChI is InChI=1S/C29H20ClNO2/c30-23-17-10-18-24(19-23)31-26(32)25-28(20-11-4-1-5-12-20,21-13-6-2-7-14-21)29(25,27(31)33)22-15-8-3-9-16-22/h1-19,25H/t25-,29+/m0/s1. The highest BCUT2D eigenvalue weighted by Crippen LogP contribution is 2.77. The van der Waals surface area contributed by atoms with Gasteiger partial charge < -0.3 is 0 Å². The molecule has 2 atom stereocenters. The maximum absolute atomic E-state index is 14.4. The number of carbonyl (C=O) groups excluding carboxylic acids is 2. The number of piperidine rings is 1. The van der Waals surface area contributed by atoms with E-state index < -0.39 is 16.7 Å². The zero-order valence-corrected chi connectivity index (χ0v) is 18.4. The molecule has 0 unspecified atom stereocenters. The van der Waals surface area contributed by atoms with Crippen LogP contribution < -0.4 is 4.90 Å². The average molecular weight is 450 g/mol. The fourth-order valence-electron chi connectivity index (χ4n) is 5.98. The van der Waals surface area contributed by atoms with Crippen molar-refractivity contribution in [3.8, 4) is 0 Å². The number of nitrogens with zero attached hydrogens (tertiary/aromatic N) is 1. The van der Waals surface area contributed by atoms with E-state index in [-0.39, 0.29) is 11.8 Å². The van der Waals surface area contributed by atoms with Gasteiger partial charge in [-0.25, -0.2) is 4.90 Å². The first-order valence-electron chi connectivity index (χ1n) is 10.9. The van der Waals surface area contributed by atoms with Crippen molar-refractivity contribution in [3.05, 3.63) is 137 Å². The van der Waals surface area contributed by atoms with Crippen LogP contribution in [0.1, 0.15) is 16.7 Å². The van der Waals surface area contributed by atoms with Crippen molar-refractivity contribution in [2.24, 2.45) is 5.92 Å². The summed E-state index contributed by atoms with van der Waals surface area (Å²) in [6.07, 6.45) is 0. The van der Waals surface area contributed by atoms with E-state index in [0.29, 0.717) is 10.7 Å². The molecule has 0 N–H and O–H groups in total. The molecule has 4 heteroatoms. The molecule has 0 spiro atoms. The van der Waals surface area contributed by atoms with Gasteiger partial charge in [-0.2, -0.15) is 0 Å². The molecule has 0 bridgehead atoms. The molecule has 6 rings (SSSR count). The van der Waals surface area contributed by atoms with Gasteiger partial charge in [-0.3, -0.25) is 9.59 Å². The lowest BCUT2D eigenvalue weighted by atomic mass is 9.76. The Kier molecular flexibility index (Phi) is 4.33. The minimum atomic E-state index is -1.03. The third-order valence-electron chi connectivity index (χ3n) is 7.17. The van der Waals surface area contributed by atoms with E-state index in [1.165, 1.54) is 4.90 Å². The highest BCUT2D eigenvalue weighted by atomic mass is 35.5. The third kappa shape index (κ3) is 2.46. The van der Waals surface area contributed by atoms with E-state index in [0.717, 1.165) is 16.7 Å². The van der Waals surface area contributed by atoms with Gasteiger partial charge in [0.1, 0.15) is 5.41 Å². The zero-order chi connectivity index (χ0) is 22.6. The van der Waals surface area contributed by atoms with E-state index in [1.807, 2.05) is 91.0 Å². The summed E-state index contributed by atoms with van der Waals surface area (Å²) in [4.78, 5) is 29.8. The molecule has 2 amide bonds. The molecule has 0 aromatic heterocycles. The molecule has 160 valence electrons. The molecule has 2 fully saturated rings. The highest BCUT2D eigenvalue weighted by molar-refractivity contribution is 6.33. The molecule has 4 aromatic carbocycles. The first kappa shape index (κ1) is 20.0. The molecular formula is C29H20ClNO2. The number of fused-ring (bicyclic) bond motifs is 1. The van der Waals surface area contributed by atoms with Gasteiger partial charge in [0, 0.05) is 5.02 Å². The van der Waals surface area contributed by atoms with Gasteiger partial charge >= 0.3 is 0 Å². The maximum atomic E-state index is 14.4. The molecule has 4 aromatic rings. The van der Waals surface area contributed by atoms with Crippen LogP contribution in [0, 0.1) is 5.92 Å². The summed E-state index contributed by atoms with van der Waals surface area (Å²) in [5.74, 6) is -0.957. The highest BCUT2D eigenvalue weighted by Gasteiger charge is 2.89. The number of halogens is 1. The van der Waals surface area contributed by atoms with Crippen LogP contribution in [0.25, 0.3) is 0 Å². The van der Waals surface area contributed by atoms with Crippen molar-refractivity contribution >= 4 is 29.1 Å². The monoisotopic (exact) mass is 449 g/mol. The van der Waals surface area contributed by atoms with Crippen LogP contribution in [0.5, 0.6) is 0 Å². The Bertz CT molecular complexity index is 1330. The lowest BCUT2D eigenvalue weighted by Crippen LogP contribution is -2.44. The average Bonchev–Trinajstić information content (AvgIpc) is 3.45. The van der Waals surface area contributed by atoms with Crippen LogP contribution in [0.2, 0.25) is 5.02 Å². The van der Waals surface area contributed by atoms with Gasteiger partial charge in [0.25, 0.3) is 0 Å². The Hall–Kier alpha value is -3.69. The molecule has 3 nitrogen and oxygen atoms in total. The number of carbonyl (C=O) groups is 2. The van der Waals surface area contributed by atoms with E-state index in [2.05, 4.69) is 0 Å². The van der Waals surface area contributed by atoms with E-state index >= 15 is 0 Å². The Morgan fingerprint density at radius 2 is 1.09 bits per heavy atom. The lowest BCUT2D eigenvalue weighted by molar-refractivity contribution is -0.124. The number of hydrogen-bond acceptors (Lipinski definition) is 2. The van der Waals surface area contributed by atoms with Crippen molar-refractivity contribution in [1.82, 2.24) is 0 Å². The SMILES string of the molecule is O=C1[C@H]2C(c3ccccc3)(c3ccccc3)[C@@]2(c2ccccc2)C(=O)N1c1cccc(Cl)c1. The van der Waals surface area contributed by atoms with Crippen molar-refractivity contribution in [1.29, 1.82) is 0 Å². The zero-order valence-electron chi connectivity index (χ0n) is 17.7. The number of imide groups is 1. The molecule has 1 aliphatic heterocycles. The van der Waals surface area contributed by atoms with Crippen LogP contribution in [-0.2, 0) is 20.4 Å². The quantitative estimate of drug-likeness (QED) is 0.371. The summed E-state index contributed by atoms with van der Waals surface area (Å²) in [5, 5.41) is 0.486. The second kappa shape index (κ2) is 7.16. The molecule has 1 saturated carbocycles. The summed E-state index contributed by atoms with van der Waals surface area (Å²) in [7, 11) is 0. The van der Waals surface area contributed by atoms with Gasteiger partial charge in [-0.05, 0) is 34.9 Å². The first-order chi connectivity index (χ1) is 16.1. The first-order valence-corrected chi connectivity index (χ1v) is 11.3. The van der Waals surface area contributed by atoms with Gasteiger partial charge in [0.15, 0.2) is 0 Å². The number of hydrogen-bond donors (Lipinski definition) is 0. The van der Waals surface area contributed by atoms with Crippen molar-refractivity contribution in [3.63, 3.8) is 0 Å². The molecular weight excluding hydrogens is 430 g/mol. The number of amides is 2. The molecule has 33 heavy (non-hydrogen) atoms. The molecule has 1 aliphatic carbocycles.